The van der Waals surface area contributed by atoms with E-state index in [9.17, 15) is 4.79 Å². The van der Waals surface area contributed by atoms with Crippen LogP contribution in [0.25, 0.3) is 11.3 Å². The summed E-state index contributed by atoms with van der Waals surface area (Å²) in [4.78, 5) is 20.4. The Morgan fingerprint density at radius 3 is 2.86 bits per heavy atom. The van der Waals surface area contributed by atoms with Crippen LogP contribution in [0.3, 0.4) is 0 Å². The van der Waals surface area contributed by atoms with Gasteiger partial charge in [-0.25, -0.2) is 4.98 Å². The second-order valence-electron chi connectivity index (χ2n) is 5.83. The van der Waals surface area contributed by atoms with Crippen molar-refractivity contribution in [2.75, 3.05) is 13.1 Å². The molecule has 4 heteroatoms. The van der Waals surface area contributed by atoms with Crippen molar-refractivity contribution in [3.8, 4) is 11.3 Å². The lowest BCUT2D eigenvalue weighted by Crippen LogP contribution is -2.36. The van der Waals surface area contributed by atoms with Gasteiger partial charge < -0.3 is 4.90 Å². The normalized spacial score (nSPS) is 16.7. The number of carbonyl (C=O) groups is 1. The van der Waals surface area contributed by atoms with E-state index in [1.165, 1.54) is 22.4 Å². The lowest BCUT2D eigenvalue weighted by Gasteiger charge is -2.26. The van der Waals surface area contributed by atoms with Crippen LogP contribution in [-0.4, -0.2) is 28.9 Å². The van der Waals surface area contributed by atoms with Crippen LogP contribution < -0.4 is 0 Å². The highest BCUT2D eigenvalue weighted by Crippen LogP contribution is 2.39. The summed E-state index contributed by atoms with van der Waals surface area (Å²) in [5.74, 6) is 0.246. The van der Waals surface area contributed by atoms with Crippen molar-refractivity contribution in [3.05, 3.63) is 39.7 Å². The molecule has 0 unspecified atom stereocenters. The number of piperidine rings is 1. The maximum Gasteiger partial charge on any atom is 0.229 e. The van der Waals surface area contributed by atoms with Crippen molar-refractivity contribution in [2.45, 2.75) is 32.1 Å². The molecule has 0 bridgehead atoms. The first-order valence-corrected chi connectivity index (χ1v) is 8.47. The molecule has 0 saturated carbocycles. The maximum absolute atomic E-state index is 12.3. The third kappa shape index (κ3) is 2.38. The summed E-state index contributed by atoms with van der Waals surface area (Å²) in [6, 6.07) is 8.45. The molecule has 1 fully saturated rings. The number of rotatable bonds is 2. The lowest BCUT2D eigenvalue weighted by molar-refractivity contribution is -0.131. The van der Waals surface area contributed by atoms with Crippen LogP contribution in [0, 0.1) is 0 Å². The van der Waals surface area contributed by atoms with Gasteiger partial charge in [-0.15, -0.1) is 11.3 Å². The Morgan fingerprint density at radius 1 is 1.19 bits per heavy atom. The number of aromatic nitrogens is 1. The van der Waals surface area contributed by atoms with Crippen LogP contribution >= 0.6 is 11.3 Å². The summed E-state index contributed by atoms with van der Waals surface area (Å²) in [6.07, 6.45) is 4.99. The second kappa shape index (κ2) is 5.26. The SMILES string of the molecule is O=C(Cc1nc2c(s1)Cc1ccccc1-2)N1CCCCC1. The highest BCUT2D eigenvalue weighted by atomic mass is 32.1. The first-order chi connectivity index (χ1) is 10.3. The first kappa shape index (κ1) is 13.0. The zero-order valence-electron chi connectivity index (χ0n) is 12.0. The minimum Gasteiger partial charge on any atom is -0.342 e. The molecule has 0 spiro atoms. The van der Waals surface area contributed by atoms with Gasteiger partial charge in [-0.1, -0.05) is 24.3 Å². The molecule has 2 heterocycles. The van der Waals surface area contributed by atoms with Crippen molar-refractivity contribution in [3.63, 3.8) is 0 Å². The Morgan fingerprint density at radius 2 is 2.00 bits per heavy atom. The molecule has 21 heavy (non-hydrogen) atoms. The van der Waals surface area contributed by atoms with Crippen LogP contribution in [-0.2, 0) is 17.6 Å². The Kier molecular flexibility index (Phi) is 3.26. The standard InChI is InChI=1S/C17H18N2OS/c20-16(19-8-4-1-5-9-19)11-15-18-17-13-7-3-2-6-12(13)10-14(17)21-15/h2-3,6-7H,1,4-5,8-11H2. The number of benzene rings is 1. The summed E-state index contributed by atoms with van der Waals surface area (Å²) < 4.78 is 0. The quantitative estimate of drug-likeness (QED) is 0.727. The van der Waals surface area contributed by atoms with E-state index in [0.717, 1.165) is 43.1 Å². The van der Waals surface area contributed by atoms with Crippen LogP contribution in [0.5, 0.6) is 0 Å². The van der Waals surface area contributed by atoms with Gasteiger partial charge in [0.15, 0.2) is 0 Å². The molecule has 4 rings (SSSR count). The molecule has 0 radical (unpaired) electrons. The van der Waals surface area contributed by atoms with Gasteiger partial charge in [0.1, 0.15) is 5.01 Å². The van der Waals surface area contributed by atoms with Crippen molar-refractivity contribution >= 4 is 17.2 Å². The Hall–Kier alpha value is -1.68. The highest BCUT2D eigenvalue weighted by molar-refractivity contribution is 7.12. The molecular weight excluding hydrogens is 280 g/mol. The average molecular weight is 298 g/mol. The molecule has 1 aromatic heterocycles. The average Bonchev–Trinajstić information content (AvgIpc) is 3.05. The summed E-state index contributed by atoms with van der Waals surface area (Å²) in [5, 5.41) is 0.977. The van der Waals surface area contributed by atoms with Crippen LogP contribution in [0.2, 0.25) is 0 Å². The van der Waals surface area contributed by atoms with E-state index in [-0.39, 0.29) is 5.91 Å². The number of hydrogen-bond acceptors (Lipinski definition) is 3. The predicted octanol–water partition coefficient (Wildman–Crippen LogP) is 3.27. The zero-order chi connectivity index (χ0) is 14.2. The molecule has 2 aliphatic rings. The second-order valence-corrected chi connectivity index (χ2v) is 7.00. The monoisotopic (exact) mass is 298 g/mol. The minimum absolute atomic E-state index is 0.246. The molecule has 1 aliphatic heterocycles. The van der Waals surface area contributed by atoms with E-state index in [1.54, 1.807) is 11.3 Å². The van der Waals surface area contributed by atoms with Crippen molar-refractivity contribution in [1.82, 2.24) is 9.88 Å². The third-order valence-electron chi connectivity index (χ3n) is 4.38. The number of nitrogens with zero attached hydrogens (tertiary/aromatic N) is 2. The Labute approximate surface area is 128 Å². The largest absolute Gasteiger partial charge is 0.342 e. The van der Waals surface area contributed by atoms with Crippen molar-refractivity contribution < 1.29 is 4.79 Å². The smallest absolute Gasteiger partial charge is 0.229 e. The molecule has 1 aliphatic carbocycles. The Bertz CT molecular complexity index is 686. The van der Waals surface area contributed by atoms with E-state index in [2.05, 4.69) is 24.3 Å². The molecule has 1 aromatic carbocycles. The van der Waals surface area contributed by atoms with Gasteiger partial charge in [-0.3, -0.25) is 4.79 Å². The van der Waals surface area contributed by atoms with E-state index in [1.807, 2.05) is 4.90 Å². The molecule has 0 atom stereocenters. The fourth-order valence-electron chi connectivity index (χ4n) is 3.27. The predicted molar refractivity (Wildman–Crippen MR) is 84.5 cm³/mol. The number of carbonyl (C=O) groups excluding carboxylic acids is 1. The molecule has 1 saturated heterocycles. The van der Waals surface area contributed by atoms with Gasteiger partial charge in [0.05, 0.1) is 12.1 Å². The maximum atomic E-state index is 12.3. The van der Waals surface area contributed by atoms with Gasteiger partial charge in [-0.2, -0.15) is 0 Å². The molecule has 2 aromatic rings. The fraction of sp³-hybridized carbons (Fsp3) is 0.412. The molecule has 108 valence electrons. The summed E-state index contributed by atoms with van der Waals surface area (Å²) >= 11 is 1.71. The van der Waals surface area contributed by atoms with Crippen LogP contribution in [0.15, 0.2) is 24.3 Å². The number of amides is 1. The van der Waals surface area contributed by atoms with Gasteiger partial charge in [0, 0.05) is 30.0 Å². The van der Waals surface area contributed by atoms with Gasteiger partial charge in [0.2, 0.25) is 5.91 Å². The van der Waals surface area contributed by atoms with Gasteiger partial charge in [-0.05, 0) is 24.8 Å². The minimum atomic E-state index is 0.246. The third-order valence-corrected chi connectivity index (χ3v) is 5.43. The summed E-state index contributed by atoms with van der Waals surface area (Å²) in [7, 11) is 0. The van der Waals surface area contributed by atoms with Gasteiger partial charge >= 0.3 is 0 Å². The van der Waals surface area contributed by atoms with Crippen molar-refractivity contribution in [1.29, 1.82) is 0 Å². The van der Waals surface area contributed by atoms with E-state index in [4.69, 9.17) is 4.98 Å². The topological polar surface area (TPSA) is 33.2 Å². The van der Waals surface area contributed by atoms with Crippen molar-refractivity contribution in [2.24, 2.45) is 0 Å². The van der Waals surface area contributed by atoms with Crippen LogP contribution in [0.4, 0.5) is 0 Å². The van der Waals surface area contributed by atoms with Crippen LogP contribution in [0.1, 0.15) is 34.7 Å². The summed E-state index contributed by atoms with van der Waals surface area (Å²) in [5.41, 5.74) is 3.72. The number of thiazole rings is 1. The number of likely N-dealkylation sites (tertiary alicyclic amines) is 1. The van der Waals surface area contributed by atoms with E-state index >= 15 is 0 Å². The fourth-order valence-corrected chi connectivity index (χ4v) is 4.37. The molecule has 0 N–H and O–H groups in total. The van der Waals surface area contributed by atoms with E-state index in [0.29, 0.717) is 6.42 Å². The Balaban J connectivity index is 1.53. The number of hydrogen-bond donors (Lipinski definition) is 0. The highest BCUT2D eigenvalue weighted by Gasteiger charge is 2.24. The number of fused-ring (bicyclic) bond motifs is 3. The molecule has 1 amide bonds. The molecular formula is C17H18N2OS. The zero-order valence-corrected chi connectivity index (χ0v) is 12.8. The lowest BCUT2D eigenvalue weighted by atomic mass is 10.1. The van der Waals surface area contributed by atoms with Gasteiger partial charge in [0.25, 0.3) is 0 Å². The summed E-state index contributed by atoms with van der Waals surface area (Å²) in [6.45, 7) is 1.85. The molecule has 3 nitrogen and oxygen atoms in total. The first-order valence-electron chi connectivity index (χ1n) is 7.66. The van der Waals surface area contributed by atoms with E-state index < -0.39 is 0 Å².